The highest BCUT2D eigenvalue weighted by Crippen LogP contribution is 2.32. The third-order valence-corrected chi connectivity index (χ3v) is 7.30. The lowest BCUT2D eigenvalue weighted by Gasteiger charge is -2.14. The van der Waals surface area contributed by atoms with Gasteiger partial charge in [-0.25, -0.2) is 4.98 Å². The molecule has 0 radical (unpaired) electrons. The van der Waals surface area contributed by atoms with Crippen LogP contribution in [0.15, 0.2) is 58.8 Å². The van der Waals surface area contributed by atoms with Crippen molar-refractivity contribution in [1.82, 2.24) is 4.98 Å². The van der Waals surface area contributed by atoms with Crippen molar-refractivity contribution >= 4 is 45.7 Å². The highest BCUT2D eigenvalue weighted by molar-refractivity contribution is 8.00. The number of thioether (sulfide) groups is 1. The van der Waals surface area contributed by atoms with Crippen LogP contribution >= 0.6 is 23.1 Å². The van der Waals surface area contributed by atoms with E-state index >= 15 is 0 Å². The van der Waals surface area contributed by atoms with Crippen molar-refractivity contribution in [2.24, 2.45) is 5.92 Å². The first-order valence-electron chi connectivity index (χ1n) is 11.1. The number of carbonyl (C=O) groups is 2. The Kier molecular flexibility index (Phi) is 7.67. The first-order chi connectivity index (χ1) is 16.1. The van der Waals surface area contributed by atoms with Crippen LogP contribution in [0.1, 0.15) is 33.1 Å². The zero-order valence-corrected chi connectivity index (χ0v) is 20.3. The van der Waals surface area contributed by atoms with Crippen LogP contribution in [0.4, 0.5) is 10.8 Å². The Morgan fingerprint density at radius 2 is 1.94 bits per heavy atom. The Morgan fingerprint density at radius 1 is 1.15 bits per heavy atom. The van der Waals surface area contributed by atoms with Gasteiger partial charge in [0.15, 0.2) is 5.13 Å². The lowest BCUT2D eigenvalue weighted by atomic mass is 10.2. The van der Waals surface area contributed by atoms with Crippen molar-refractivity contribution in [2.45, 2.75) is 43.3 Å². The molecule has 0 spiro atoms. The number of aromatic nitrogens is 1. The molecule has 0 saturated heterocycles. The summed E-state index contributed by atoms with van der Waals surface area (Å²) in [4.78, 5) is 30.5. The Hall–Kier alpha value is -2.84. The molecule has 172 valence electrons. The molecule has 2 amide bonds. The maximum Gasteiger partial charge on any atom is 0.239 e. The molecular weight excluding hydrogens is 454 g/mol. The van der Waals surface area contributed by atoms with E-state index in [0.29, 0.717) is 18.2 Å². The van der Waals surface area contributed by atoms with E-state index in [1.165, 1.54) is 23.1 Å². The second kappa shape index (κ2) is 10.9. The van der Waals surface area contributed by atoms with E-state index in [9.17, 15) is 9.59 Å². The van der Waals surface area contributed by atoms with Gasteiger partial charge in [-0.05, 0) is 68.7 Å². The van der Waals surface area contributed by atoms with Gasteiger partial charge >= 0.3 is 0 Å². The number of ether oxygens (including phenoxy) is 1. The molecule has 2 N–H and O–H groups in total. The van der Waals surface area contributed by atoms with E-state index in [1.807, 2.05) is 67.8 Å². The molecule has 1 aliphatic rings. The van der Waals surface area contributed by atoms with Gasteiger partial charge in [-0.15, -0.1) is 23.1 Å². The van der Waals surface area contributed by atoms with E-state index in [-0.39, 0.29) is 23.0 Å². The summed E-state index contributed by atoms with van der Waals surface area (Å²) in [5, 5.41) is 8.17. The normalized spacial score (nSPS) is 13.9. The number of amides is 2. The molecule has 6 nitrogen and oxygen atoms in total. The van der Waals surface area contributed by atoms with Crippen LogP contribution in [0.3, 0.4) is 0 Å². The predicted octanol–water partition coefficient (Wildman–Crippen LogP) is 6.07. The van der Waals surface area contributed by atoms with Crippen LogP contribution in [-0.2, 0) is 9.59 Å². The van der Waals surface area contributed by atoms with E-state index < -0.39 is 0 Å². The Balaban J connectivity index is 1.36. The van der Waals surface area contributed by atoms with Gasteiger partial charge in [0.2, 0.25) is 11.8 Å². The summed E-state index contributed by atoms with van der Waals surface area (Å²) >= 11 is 2.90. The lowest BCUT2D eigenvalue weighted by Crippen LogP contribution is -2.24. The minimum atomic E-state index is -0.266. The molecule has 3 aromatic rings. The molecule has 0 aliphatic heterocycles. The van der Waals surface area contributed by atoms with Crippen molar-refractivity contribution in [3.8, 4) is 17.0 Å². The van der Waals surface area contributed by atoms with Gasteiger partial charge < -0.3 is 15.4 Å². The number of nitrogens with one attached hydrogen (secondary N) is 2. The number of anilines is 2. The van der Waals surface area contributed by atoms with Crippen LogP contribution in [0.5, 0.6) is 5.75 Å². The molecule has 8 heteroatoms. The quantitative estimate of drug-likeness (QED) is 0.344. The second-order valence-corrected chi connectivity index (χ2v) is 9.92. The van der Waals surface area contributed by atoms with Crippen molar-refractivity contribution in [3.05, 3.63) is 53.9 Å². The number of nitrogens with zero attached hydrogens (tertiary/aromatic N) is 1. The van der Waals surface area contributed by atoms with Crippen molar-refractivity contribution in [2.75, 3.05) is 17.2 Å². The van der Waals surface area contributed by atoms with Crippen LogP contribution in [0, 0.1) is 5.92 Å². The molecule has 1 aromatic heterocycles. The van der Waals surface area contributed by atoms with Gasteiger partial charge in [0.1, 0.15) is 5.75 Å². The highest BCUT2D eigenvalue weighted by atomic mass is 32.2. The molecule has 0 bridgehead atoms. The summed E-state index contributed by atoms with van der Waals surface area (Å²) in [6.45, 7) is 4.57. The maximum atomic E-state index is 12.9. The van der Waals surface area contributed by atoms with Crippen molar-refractivity contribution < 1.29 is 14.3 Å². The van der Waals surface area contributed by atoms with Gasteiger partial charge in [-0.2, -0.15) is 0 Å². The fraction of sp³-hybridized carbons (Fsp3) is 0.320. The average Bonchev–Trinajstić information content (AvgIpc) is 3.58. The monoisotopic (exact) mass is 481 g/mol. The molecule has 1 heterocycles. The summed E-state index contributed by atoms with van der Waals surface area (Å²) in [6.07, 6.45) is 2.61. The Labute approximate surface area is 202 Å². The summed E-state index contributed by atoms with van der Waals surface area (Å²) < 4.78 is 5.48. The maximum absolute atomic E-state index is 12.9. The SMILES string of the molecule is CCOc1ccc(-c2csc(NC(=O)C(CC)Sc3cccc(NC(=O)C4CC4)c3)n2)cc1. The van der Waals surface area contributed by atoms with Crippen LogP contribution < -0.4 is 15.4 Å². The number of benzene rings is 2. The zero-order valence-electron chi connectivity index (χ0n) is 18.7. The third kappa shape index (κ3) is 6.36. The molecule has 1 atom stereocenters. The van der Waals surface area contributed by atoms with E-state index in [1.54, 1.807) is 0 Å². The highest BCUT2D eigenvalue weighted by Gasteiger charge is 2.29. The third-order valence-electron chi connectivity index (χ3n) is 5.19. The van der Waals surface area contributed by atoms with E-state index in [4.69, 9.17) is 4.74 Å². The molecule has 33 heavy (non-hydrogen) atoms. The molecule has 1 aliphatic carbocycles. The van der Waals surface area contributed by atoms with Crippen LogP contribution in [-0.4, -0.2) is 28.7 Å². The van der Waals surface area contributed by atoms with Gasteiger partial charge in [-0.3, -0.25) is 9.59 Å². The van der Waals surface area contributed by atoms with Gasteiger partial charge in [-0.1, -0.05) is 13.0 Å². The fourth-order valence-corrected chi connectivity index (χ4v) is 5.00. The molecular formula is C25H27N3O3S2. The molecule has 4 rings (SSSR count). The minimum Gasteiger partial charge on any atom is -0.494 e. The lowest BCUT2D eigenvalue weighted by molar-refractivity contribution is -0.117. The summed E-state index contributed by atoms with van der Waals surface area (Å²) in [7, 11) is 0. The van der Waals surface area contributed by atoms with E-state index in [2.05, 4.69) is 15.6 Å². The molecule has 1 fully saturated rings. The Bertz CT molecular complexity index is 1110. The number of hydrogen-bond acceptors (Lipinski definition) is 6. The van der Waals surface area contributed by atoms with Gasteiger partial charge in [0, 0.05) is 27.4 Å². The minimum absolute atomic E-state index is 0.0778. The number of carbonyl (C=O) groups excluding carboxylic acids is 2. The van der Waals surface area contributed by atoms with Gasteiger partial charge in [0.05, 0.1) is 17.6 Å². The molecule has 1 saturated carbocycles. The first-order valence-corrected chi connectivity index (χ1v) is 12.9. The average molecular weight is 482 g/mol. The van der Waals surface area contributed by atoms with Crippen molar-refractivity contribution in [3.63, 3.8) is 0 Å². The second-order valence-electron chi connectivity index (χ2n) is 7.79. The Morgan fingerprint density at radius 3 is 2.64 bits per heavy atom. The summed E-state index contributed by atoms with van der Waals surface area (Å²) in [5.41, 5.74) is 2.56. The fourth-order valence-electron chi connectivity index (χ4n) is 3.26. The van der Waals surface area contributed by atoms with Crippen LogP contribution in [0.2, 0.25) is 0 Å². The summed E-state index contributed by atoms with van der Waals surface area (Å²) in [5.74, 6) is 0.974. The van der Waals surface area contributed by atoms with Gasteiger partial charge in [0.25, 0.3) is 0 Å². The van der Waals surface area contributed by atoms with Crippen LogP contribution in [0.25, 0.3) is 11.3 Å². The zero-order chi connectivity index (χ0) is 23.2. The number of rotatable bonds is 10. The number of thiazole rings is 1. The molecule has 2 aromatic carbocycles. The summed E-state index contributed by atoms with van der Waals surface area (Å²) in [6, 6.07) is 15.4. The smallest absolute Gasteiger partial charge is 0.239 e. The largest absolute Gasteiger partial charge is 0.494 e. The van der Waals surface area contributed by atoms with E-state index in [0.717, 1.165) is 40.4 Å². The first kappa shape index (κ1) is 23.3. The topological polar surface area (TPSA) is 80.3 Å². The number of hydrogen-bond donors (Lipinski definition) is 2. The molecule has 1 unspecified atom stereocenters. The standard InChI is InChI=1S/C25H27N3O3S2/c1-3-22(33-20-7-5-6-18(14-20)26-23(29)17-8-9-17)24(30)28-25-27-21(15-32-25)16-10-12-19(13-11-16)31-4-2/h5-7,10-15,17,22H,3-4,8-9H2,1-2H3,(H,26,29)(H,27,28,30). The van der Waals surface area contributed by atoms with Crippen molar-refractivity contribution in [1.29, 1.82) is 0 Å². The predicted molar refractivity (Wildman–Crippen MR) is 135 cm³/mol.